The number of pyridine rings is 1. The summed E-state index contributed by atoms with van der Waals surface area (Å²) in [5.74, 6) is 0.708. The molecule has 3 aromatic rings. The molecule has 154 valence electrons. The molecule has 0 radical (unpaired) electrons. The Hall–Kier alpha value is -2.92. The number of amides is 1. The zero-order valence-electron chi connectivity index (χ0n) is 17.5. The number of hydrogen-bond donors (Lipinski definition) is 0. The van der Waals surface area contributed by atoms with Gasteiger partial charge in [-0.05, 0) is 54.9 Å². The molecule has 1 fully saturated rings. The molecule has 0 spiro atoms. The monoisotopic (exact) mass is 401 g/mol. The van der Waals surface area contributed by atoms with Crippen LogP contribution in [0.25, 0.3) is 21.9 Å². The number of carbonyl (C=O) groups excluding carboxylic acids is 1. The number of piperidine rings is 1. The third kappa shape index (κ3) is 3.33. The fourth-order valence-electron chi connectivity index (χ4n) is 5.19. The van der Waals surface area contributed by atoms with Gasteiger partial charge in [-0.1, -0.05) is 36.4 Å². The van der Waals surface area contributed by atoms with Crippen molar-refractivity contribution in [2.45, 2.75) is 18.9 Å². The molecular weight excluding hydrogens is 374 g/mol. The Morgan fingerprint density at radius 3 is 2.60 bits per heavy atom. The van der Waals surface area contributed by atoms with Crippen molar-refractivity contribution < 1.29 is 4.79 Å². The third-order valence-electron chi connectivity index (χ3n) is 6.45. The van der Waals surface area contributed by atoms with E-state index in [4.69, 9.17) is 0 Å². The van der Waals surface area contributed by atoms with E-state index in [1.807, 2.05) is 40.6 Å². The summed E-state index contributed by atoms with van der Waals surface area (Å²) in [7, 11) is 3.85. The Balaban J connectivity index is 1.58. The normalized spacial score (nSPS) is 20.4. The SMILES string of the molecule is CN(C)CC(=O)N1C[C@H]2C[C@H](C1)c1c(-c3ccc4ccccc4c3)ccc(=O)n1C2. The second-order valence-corrected chi connectivity index (χ2v) is 8.98. The lowest BCUT2D eigenvalue weighted by Crippen LogP contribution is -2.51. The quantitative estimate of drug-likeness (QED) is 0.677. The van der Waals surface area contributed by atoms with Crippen LogP contribution in [-0.2, 0) is 11.3 Å². The first-order valence-corrected chi connectivity index (χ1v) is 10.6. The predicted octanol–water partition coefficient (Wildman–Crippen LogP) is 3.18. The summed E-state index contributed by atoms with van der Waals surface area (Å²) in [4.78, 5) is 29.4. The molecule has 2 bridgehead atoms. The summed E-state index contributed by atoms with van der Waals surface area (Å²) in [6.07, 6.45) is 1.04. The smallest absolute Gasteiger partial charge is 0.250 e. The minimum absolute atomic E-state index is 0.0670. The van der Waals surface area contributed by atoms with Crippen LogP contribution < -0.4 is 5.56 Å². The van der Waals surface area contributed by atoms with Gasteiger partial charge >= 0.3 is 0 Å². The number of nitrogens with zero attached hydrogens (tertiary/aromatic N) is 3. The summed E-state index contributed by atoms with van der Waals surface area (Å²) < 4.78 is 1.97. The van der Waals surface area contributed by atoms with Crippen LogP contribution in [0.1, 0.15) is 18.0 Å². The number of likely N-dealkylation sites (N-methyl/N-ethyl adjacent to an activating group) is 1. The van der Waals surface area contributed by atoms with Crippen molar-refractivity contribution in [3.8, 4) is 11.1 Å². The maximum absolute atomic E-state index is 12.7. The van der Waals surface area contributed by atoms with Crippen molar-refractivity contribution in [3.05, 3.63) is 70.6 Å². The van der Waals surface area contributed by atoms with E-state index < -0.39 is 0 Å². The average Bonchev–Trinajstić information content (AvgIpc) is 2.73. The minimum Gasteiger partial charge on any atom is -0.341 e. The molecular formula is C25H27N3O2. The van der Waals surface area contributed by atoms with E-state index >= 15 is 0 Å². The van der Waals surface area contributed by atoms with Gasteiger partial charge in [-0.3, -0.25) is 9.59 Å². The Morgan fingerprint density at radius 1 is 1.00 bits per heavy atom. The number of likely N-dealkylation sites (tertiary alicyclic amines) is 1. The summed E-state index contributed by atoms with van der Waals surface area (Å²) in [5, 5.41) is 2.40. The van der Waals surface area contributed by atoms with Crippen molar-refractivity contribution in [1.29, 1.82) is 0 Å². The van der Waals surface area contributed by atoms with Crippen LogP contribution in [0.15, 0.2) is 59.4 Å². The molecule has 5 rings (SSSR count). The molecule has 0 saturated carbocycles. The van der Waals surface area contributed by atoms with E-state index in [2.05, 4.69) is 36.4 Å². The summed E-state index contributed by atoms with van der Waals surface area (Å²) in [6, 6.07) is 18.5. The third-order valence-corrected chi connectivity index (χ3v) is 6.45. The van der Waals surface area contributed by atoms with E-state index in [1.165, 1.54) is 10.8 Å². The fourth-order valence-corrected chi connectivity index (χ4v) is 5.19. The van der Waals surface area contributed by atoms with Crippen LogP contribution in [-0.4, -0.2) is 54.0 Å². The number of fused-ring (bicyclic) bond motifs is 5. The second-order valence-electron chi connectivity index (χ2n) is 8.98. The molecule has 5 heteroatoms. The molecule has 30 heavy (non-hydrogen) atoms. The zero-order chi connectivity index (χ0) is 20.8. The van der Waals surface area contributed by atoms with Gasteiger partial charge in [0, 0.05) is 42.9 Å². The lowest BCUT2D eigenvalue weighted by molar-refractivity contribution is -0.134. The van der Waals surface area contributed by atoms with Gasteiger partial charge in [-0.15, -0.1) is 0 Å². The first-order valence-electron chi connectivity index (χ1n) is 10.6. The Bertz CT molecular complexity index is 1180. The van der Waals surface area contributed by atoms with E-state index in [0.717, 1.165) is 29.8 Å². The molecule has 2 atom stereocenters. The Morgan fingerprint density at radius 2 is 1.80 bits per heavy atom. The molecule has 2 aliphatic heterocycles. The Labute approximate surface area is 176 Å². The maximum Gasteiger partial charge on any atom is 0.250 e. The van der Waals surface area contributed by atoms with Crippen LogP contribution in [0.3, 0.4) is 0 Å². The maximum atomic E-state index is 12.7. The van der Waals surface area contributed by atoms with Gasteiger partial charge in [0.15, 0.2) is 0 Å². The Kier molecular flexibility index (Phi) is 4.70. The van der Waals surface area contributed by atoms with E-state index in [9.17, 15) is 9.59 Å². The number of benzene rings is 2. The summed E-state index contributed by atoms with van der Waals surface area (Å²) in [5.41, 5.74) is 3.41. The van der Waals surface area contributed by atoms with Gasteiger partial charge in [-0.2, -0.15) is 0 Å². The van der Waals surface area contributed by atoms with Crippen molar-refractivity contribution in [2.24, 2.45) is 5.92 Å². The van der Waals surface area contributed by atoms with Crippen LogP contribution in [0, 0.1) is 5.92 Å². The van der Waals surface area contributed by atoms with Gasteiger partial charge in [-0.25, -0.2) is 0 Å². The summed E-state index contributed by atoms with van der Waals surface area (Å²) in [6.45, 7) is 2.55. The molecule has 1 amide bonds. The lowest BCUT2D eigenvalue weighted by Gasteiger charge is -2.43. The highest BCUT2D eigenvalue weighted by Gasteiger charge is 2.37. The molecule has 0 unspecified atom stereocenters. The average molecular weight is 402 g/mol. The van der Waals surface area contributed by atoms with Gasteiger partial charge < -0.3 is 14.4 Å². The van der Waals surface area contributed by atoms with Crippen LogP contribution in [0.5, 0.6) is 0 Å². The van der Waals surface area contributed by atoms with Crippen molar-refractivity contribution in [3.63, 3.8) is 0 Å². The minimum atomic E-state index is 0.0670. The highest BCUT2D eigenvalue weighted by atomic mass is 16.2. The molecule has 0 aliphatic carbocycles. The molecule has 1 aromatic heterocycles. The standard InChI is InChI=1S/C25H27N3O2/c1-26(2)16-24(30)27-13-17-11-21(15-27)25-22(9-10-23(29)28(25)14-17)20-8-7-18-5-3-4-6-19(18)12-20/h3-10,12,17,21H,11,13-16H2,1-2H3/t17-,21-/m1/s1. The van der Waals surface area contributed by atoms with E-state index in [0.29, 0.717) is 25.6 Å². The number of carbonyl (C=O) groups is 1. The van der Waals surface area contributed by atoms with E-state index in [1.54, 1.807) is 6.07 Å². The topological polar surface area (TPSA) is 45.6 Å². The van der Waals surface area contributed by atoms with Crippen molar-refractivity contribution >= 4 is 16.7 Å². The molecule has 0 N–H and O–H groups in total. The highest BCUT2D eigenvalue weighted by Crippen LogP contribution is 2.40. The zero-order valence-corrected chi connectivity index (χ0v) is 17.5. The van der Waals surface area contributed by atoms with Crippen LogP contribution in [0.4, 0.5) is 0 Å². The van der Waals surface area contributed by atoms with Crippen molar-refractivity contribution in [1.82, 2.24) is 14.4 Å². The van der Waals surface area contributed by atoms with E-state index in [-0.39, 0.29) is 17.4 Å². The summed E-state index contributed by atoms with van der Waals surface area (Å²) >= 11 is 0. The first kappa shape index (κ1) is 19.1. The number of rotatable bonds is 3. The largest absolute Gasteiger partial charge is 0.341 e. The second kappa shape index (κ2) is 7.40. The lowest BCUT2D eigenvalue weighted by atomic mass is 9.80. The molecule has 1 saturated heterocycles. The molecule has 5 nitrogen and oxygen atoms in total. The predicted molar refractivity (Wildman–Crippen MR) is 120 cm³/mol. The van der Waals surface area contributed by atoms with Gasteiger partial charge in [0.25, 0.3) is 5.56 Å². The number of hydrogen-bond acceptors (Lipinski definition) is 3. The highest BCUT2D eigenvalue weighted by molar-refractivity contribution is 5.87. The van der Waals surface area contributed by atoms with Crippen LogP contribution >= 0.6 is 0 Å². The number of aromatic nitrogens is 1. The molecule has 2 aliphatic rings. The van der Waals surface area contributed by atoms with Gasteiger partial charge in [0.2, 0.25) is 5.91 Å². The van der Waals surface area contributed by atoms with Crippen molar-refractivity contribution in [2.75, 3.05) is 33.7 Å². The van der Waals surface area contributed by atoms with Gasteiger partial charge in [0.1, 0.15) is 0 Å². The molecule has 2 aromatic carbocycles. The van der Waals surface area contributed by atoms with Gasteiger partial charge in [0.05, 0.1) is 6.54 Å². The fraction of sp³-hybridized carbons (Fsp3) is 0.360. The molecule has 3 heterocycles. The first-order chi connectivity index (χ1) is 14.5. The van der Waals surface area contributed by atoms with Crippen LogP contribution in [0.2, 0.25) is 0 Å².